The number of rotatable bonds is 10. The molecule has 1 saturated heterocycles. The first kappa shape index (κ1) is 24.2. The summed E-state index contributed by atoms with van der Waals surface area (Å²) in [6.45, 7) is 5.45. The molecule has 5 N–H and O–H groups in total. The molecule has 1 heterocycles. The third-order valence-corrected chi connectivity index (χ3v) is 5.35. The number of carbonyl (C=O) groups excluding carboxylic acids is 3. The molecular formula is C18H32N4O5S. The van der Waals surface area contributed by atoms with Crippen molar-refractivity contribution >= 4 is 35.5 Å². The van der Waals surface area contributed by atoms with Crippen molar-refractivity contribution in [3.8, 4) is 0 Å². The molecular weight excluding hydrogens is 384 g/mol. The number of carbonyl (C=O) groups is 4. The van der Waals surface area contributed by atoms with Gasteiger partial charge in [0.25, 0.3) is 0 Å². The van der Waals surface area contributed by atoms with Crippen LogP contribution in [0.2, 0.25) is 0 Å². The van der Waals surface area contributed by atoms with Crippen LogP contribution in [0.4, 0.5) is 0 Å². The minimum absolute atomic E-state index is 0.239. The standard InChI is InChI=1S/C18H32N4O5S/c1-10(2)14(17(25)22-8-5-6-13(22)18(26)27)21-16(24)12(7-9-28-4)20-15(23)11(3)19/h10-14H,5-9,19H2,1-4H3,(H,20,23)(H,21,24)(H,26,27). The average molecular weight is 417 g/mol. The van der Waals surface area contributed by atoms with Crippen LogP contribution in [0.15, 0.2) is 0 Å². The summed E-state index contributed by atoms with van der Waals surface area (Å²) in [7, 11) is 0. The lowest BCUT2D eigenvalue weighted by Gasteiger charge is -2.30. The van der Waals surface area contributed by atoms with E-state index in [-0.39, 0.29) is 5.92 Å². The van der Waals surface area contributed by atoms with Gasteiger partial charge in [0, 0.05) is 6.54 Å². The third kappa shape index (κ3) is 6.66. The highest BCUT2D eigenvalue weighted by molar-refractivity contribution is 7.98. The van der Waals surface area contributed by atoms with E-state index in [0.29, 0.717) is 31.6 Å². The van der Waals surface area contributed by atoms with Gasteiger partial charge in [-0.15, -0.1) is 0 Å². The van der Waals surface area contributed by atoms with Gasteiger partial charge in [-0.2, -0.15) is 11.8 Å². The summed E-state index contributed by atoms with van der Waals surface area (Å²) in [6, 6.07) is -3.30. The Labute approximate surface area is 170 Å². The molecule has 9 nitrogen and oxygen atoms in total. The van der Waals surface area contributed by atoms with Crippen molar-refractivity contribution in [2.75, 3.05) is 18.6 Å². The molecule has 0 aromatic rings. The lowest BCUT2D eigenvalue weighted by molar-refractivity contribution is -0.150. The molecule has 0 aromatic carbocycles. The molecule has 0 spiro atoms. The highest BCUT2D eigenvalue weighted by Crippen LogP contribution is 2.20. The van der Waals surface area contributed by atoms with Crippen LogP contribution in [-0.4, -0.2) is 76.4 Å². The molecule has 4 unspecified atom stereocenters. The van der Waals surface area contributed by atoms with E-state index in [1.807, 2.05) is 6.26 Å². The number of carboxylic acids is 1. The first-order chi connectivity index (χ1) is 13.1. The second-order valence-corrected chi connectivity index (χ2v) is 8.38. The van der Waals surface area contributed by atoms with Crippen molar-refractivity contribution in [2.24, 2.45) is 11.7 Å². The van der Waals surface area contributed by atoms with Crippen molar-refractivity contribution in [1.29, 1.82) is 0 Å². The van der Waals surface area contributed by atoms with Gasteiger partial charge in [-0.3, -0.25) is 14.4 Å². The Kier molecular flexibility index (Phi) is 9.74. The fraction of sp³-hybridized carbons (Fsp3) is 0.778. The van der Waals surface area contributed by atoms with Gasteiger partial charge in [-0.05, 0) is 44.1 Å². The first-order valence-electron chi connectivity index (χ1n) is 9.48. The number of hydrogen-bond donors (Lipinski definition) is 4. The largest absolute Gasteiger partial charge is 0.480 e. The average Bonchev–Trinajstić information content (AvgIpc) is 3.11. The number of nitrogens with zero attached hydrogens (tertiary/aromatic N) is 1. The van der Waals surface area contributed by atoms with Crippen LogP contribution in [0, 0.1) is 5.92 Å². The molecule has 1 rings (SSSR count). The van der Waals surface area contributed by atoms with E-state index in [1.54, 1.807) is 13.8 Å². The van der Waals surface area contributed by atoms with Crippen LogP contribution in [0.3, 0.4) is 0 Å². The topological polar surface area (TPSA) is 142 Å². The Morgan fingerprint density at radius 2 is 1.82 bits per heavy atom. The predicted octanol–water partition coefficient (Wildman–Crippen LogP) is -0.212. The fourth-order valence-corrected chi connectivity index (χ4v) is 3.51. The molecule has 4 atom stereocenters. The molecule has 3 amide bonds. The number of amides is 3. The summed E-state index contributed by atoms with van der Waals surface area (Å²) in [5.74, 6) is -1.96. The number of nitrogens with two attached hydrogens (primary N) is 1. The van der Waals surface area contributed by atoms with Gasteiger partial charge >= 0.3 is 5.97 Å². The van der Waals surface area contributed by atoms with E-state index in [0.717, 1.165) is 0 Å². The van der Waals surface area contributed by atoms with Gasteiger partial charge < -0.3 is 26.4 Å². The van der Waals surface area contributed by atoms with Crippen molar-refractivity contribution in [2.45, 2.75) is 64.2 Å². The van der Waals surface area contributed by atoms with Gasteiger partial charge in [0.1, 0.15) is 18.1 Å². The number of aliphatic carboxylic acids is 1. The van der Waals surface area contributed by atoms with Crippen LogP contribution in [0.5, 0.6) is 0 Å². The summed E-state index contributed by atoms with van der Waals surface area (Å²) >= 11 is 1.54. The molecule has 0 bridgehead atoms. The zero-order valence-electron chi connectivity index (χ0n) is 16.9. The van der Waals surface area contributed by atoms with Gasteiger partial charge in [0.05, 0.1) is 6.04 Å². The molecule has 0 saturated carbocycles. The second-order valence-electron chi connectivity index (χ2n) is 7.39. The zero-order chi connectivity index (χ0) is 21.4. The molecule has 0 radical (unpaired) electrons. The summed E-state index contributed by atoms with van der Waals surface area (Å²) in [4.78, 5) is 50.4. The van der Waals surface area contributed by atoms with Crippen molar-refractivity contribution in [3.05, 3.63) is 0 Å². The zero-order valence-corrected chi connectivity index (χ0v) is 17.8. The van der Waals surface area contributed by atoms with Crippen molar-refractivity contribution < 1.29 is 24.3 Å². The normalized spacial score (nSPS) is 19.8. The molecule has 0 aromatic heterocycles. The SMILES string of the molecule is CSCCC(NC(=O)C(C)N)C(=O)NC(C(=O)N1CCCC1C(=O)O)C(C)C. The summed E-state index contributed by atoms with van der Waals surface area (Å²) in [5, 5.41) is 14.7. The summed E-state index contributed by atoms with van der Waals surface area (Å²) in [6.07, 6.45) is 3.30. The number of carboxylic acid groups (broad SMARTS) is 1. The first-order valence-corrected chi connectivity index (χ1v) is 10.9. The summed E-state index contributed by atoms with van der Waals surface area (Å²) in [5.41, 5.74) is 5.57. The molecule has 1 fully saturated rings. The third-order valence-electron chi connectivity index (χ3n) is 4.71. The van der Waals surface area contributed by atoms with Crippen LogP contribution in [0.25, 0.3) is 0 Å². The number of likely N-dealkylation sites (tertiary alicyclic amines) is 1. The van der Waals surface area contributed by atoms with Gasteiger partial charge in [-0.25, -0.2) is 4.79 Å². The van der Waals surface area contributed by atoms with Crippen molar-refractivity contribution in [1.82, 2.24) is 15.5 Å². The Morgan fingerprint density at radius 1 is 1.18 bits per heavy atom. The second kappa shape index (κ2) is 11.3. The Hall–Kier alpha value is -1.81. The highest BCUT2D eigenvalue weighted by Gasteiger charge is 2.39. The molecule has 10 heteroatoms. The van der Waals surface area contributed by atoms with E-state index >= 15 is 0 Å². The molecule has 1 aliphatic heterocycles. The van der Waals surface area contributed by atoms with Crippen LogP contribution < -0.4 is 16.4 Å². The Morgan fingerprint density at radius 3 is 2.32 bits per heavy atom. The monoisotopic (exact) mass is 416 g/mol. The predicted molar refractivity (Wildman–Crippen MR) is 108 cm³/mol. The van der Waals surface area contributed by atoms with Crippen LogP contribution >= 0.6 is 11.8 Å². The Bertz CT molecular complexity index is 584. The minimum Gasteiger partial charge on any atom is -0.480 e. The fourth-order valence-electron chi connectivity index (χ4n) is 3.04. The van der Waals surface area contributed by atoms with E-state index in [4.69, 9.17) is 5.73 Å². The molecule has 1 aliphatic rings. The Balaban J connectivity index is 2.91. The minimum atomic E-state index is -1.04. The maximum absolute atomic E-state index is 12.9. The lowest BCUT2D eigenvalue weighted by atomic mass is 10.0. The van der Waals surface area contributed by atoms with Crippen molar-refractivity contribution in [3.63, 3.8) is 0 Å². The number of thioether (sulfide) groups is 1. The number of nitrogens with one attached hydrogen (secondary N) is 2. The van der Waals surface area contributed by atoms with E-state index in [1.165, 1.54) is 23.6 Å². The number of hydrogen-bond acceptors (Lipinski definition) is 6. The van der Waals surface area contributed by atoms with Gasteiger partial charge in [-0.1, -0.05) is 13.8 Å². The molecule has 160 valence electrons. The maximum Gasteiger partial charge on any atom is 0.326 e. The van der Waals surface area contributed by atoms with Gasteiger partial charge in [0.15, 0.2) is 0 Å². The summed E-state index contributed by atoms with van der Waals surface area (Å²) < 4.78 is 0. The van der Waals surface area contributed by atoms with E-state index < -0.39 is 47.9 Å². The van der Waals surface area contributed by atoms with Crippen LogP contribution in [-0.2, 0) is 19.2 Å². The van der Waals surface area contributed by atoms with E-state index in [2.05, 4.69) is 10.6 Å². The maximum atomic E-state index is 12.9. The molecule has 28 heavy (non-hydrogen) atoms. The smallest absolute Gasteiger partial charge is 0.326 e. The highest BCUT2D eigenvalue weighted by atomic mass is 32.2. The van der Waals surface area contributed by atoms with Crippen LogP contribution in [0.1, 0.15) is 40.0 Å². The van der Waals surface area contributed by atoms with E-state index in [9.17, 15) is 24.3 Å². The molecule has 0 aliphatic carbocycles. The quantitative estimate of drug-likeness (QED) is 0.386. The van der Waals surface area contributed by atoms with Gasteiger partial charge in [0.2, 0.25) is 17.7 Å². The lowest BCUT2D eigenvalue weighted by Crippen LogP contribution is -2.58.